The summed E-state index contributed by atoms with van der Waals surface area (Å²) in [6.45, 7) is 2.21. The van der Waals surface area contributed by atoms with Crippen LogP contribution in [0.1, 0.15) is 18.4 Å². The number of aliphatic carboxylic acids is 1. The molecule has 6 nitrogen and oxygen atoms in total. The fourth-order valence-electron chi connectivity index (χ4n) is 4.04. The third-order valence-electron chi connectivity index (χ3n) is 5.63. The van der Waals surface area contributed by atoms with Crippen LogP contribution in [0.5, 0.6) is 11.5 Å². The molecule has 1 heterocycles. The first kappa shape index (κ1) is 21.9. The molecule has 0 radical (unpaired) electrons. The second-order valence-electron chi connectivity index (χ2n) is 7.50. The first-order chi connectivity index (χ1) is 14.5. The van der Waals surface area contributed by atoms with Gasteiger partial charge in [0.1, 0.15) is 5.82 Å². The molecule has 1 aliphatic heterocycles. The van der Waals surface area contributed by atoms with E-state index in [1.807, 2.05) is 29.2 Å². The van der Waals surface area contributed by atoms with Gasteiger partial charge in [-0.25, -0.2) is 4.39 Å². The molecular weight excluding hydrogens is 387 g/mol. The first-order valence-corrected chi connectivity index (χ1v) is 10.2. The van der Waals surface area contributed by atoms with Crippen molar-refractivity contribution < 1.29 is 23.8 Å². The third kappa shape index (κ3) is 5.63. The summed E-state index contributed by atoms with van der Waals surface area (Å²) in [6.07, 6.45) is 2.41. The number of piperidine rings is 1. The van der Waals surface area contributed by atoms with Gasteiger partial charge in [0.15, 0.2) is 11.5 Å². The van der Waals surface area contributed by atoms with Crippen LogP contribution in [0.15, 0.2) is 42.5 Å². The molecule has 0 aliphatic carbocycles. The zero-order valence-corrected chi connectivity index (χ0v) is 17.5. The Morgan fingerprint density at radius 1 is 1.13 bits per heavy atom. The topological polar surface area (TPSA) is 62.2 Å². The first-order valence-electron chi connectivity index (χ1n) is 10.2. The van der Waals surface area contributed by atoms with Crippen molar-refractivity contribution in [2.45, 2.75) is 25.3 Å². The van der Waals surface area contributed by atoms with Crippen LogP contribution in [0, 0.1) is 5.82 Å². The Hall–Kier alpha value is -2.80. The van der Waals surface area contributed by atoms with Crippen LogP contribution in [0.2, 0.25) is 0 Å². The molecule has 0 aromatic heterocycles. The van der Waals surface area contributed by atoms with Crippen molar-refractivity contribution in [2.24, 2.45) is 0 Å². The molecule has 0 saturated carbocycles. The molecule has 0 atom stereocenters. The van der Waals surface area contributed by atoms with Gasteiger partial charge in [0.2, 0.25) is 0 Å². The maximum atomic E-state index is 13.5. The molecule has 30 heavy (non-hydrogen) atoms. The van der Waals surface area contributed by atoms with Gasteiger partial charge >= 0.3 is 5.97 Å². The quantitative estimate of drug-likeness (QED) is 0.676. The van der Waals surface area contributed by atoms with Crippen LogP contribution < -0.4 is 14.4 Å². The fraction of sp³-hybridized carbons (Fsp3) is 0.435. The van der Waals surface area contributed by atoms with Crippen molar-refractivity contribution in [1.29, 1.82) is 0 Å². The predicted octanol–water partition coefficient (Wildman–Crippen LogP) is 3.44. The summed E-state index contributed by atoms with van der Waals surface area (Å²) in [4.78, 5) is 15.6. The van der Waals surface area contributed by atoms with Crippen molar-refractivity contribution >= 4 is 11.7 Å². The molecule has 2 aromatic rings. The molecule has 1 fully saturated rings. The second kappa shape index (κ2) is 10.3. The number of hydrogen-bond acceptors (Lipinski definition) is 5. The lowest BCUT2D eigenvalue weighted by molar-refractivity contribution is -0.139. The number of methoxy groups -OCH3 is 2. The van der Waals surface area contributed by atoms with E-state index in [1.54, 1.807) is 26.4 Å². The lowest BCUT2D eigenvalue weighted by Crippen LogP contribution is -2.47. The van der Waals surface area contributed by atoms with E-state index >= 15 is 0 Å². The van der Waals surface area contributed by atoms with Crippen molar-refractivity contribution in [1.82, 2.24) is 4.90 Å². The highest BCUT2D eigenvalue weighted by molar-refractivity contribution is 5.69. The van der Waals surface area contributed by atoms with Crippen LogP contribution in [-0.2, 0) is 11.2 Å². The van der Waals surface area contributed by atoms with E-state index in [0.717, 1.165) is 43.6 Å². The fourth-order valence-corrected chi connectivity index (χ4v) is 4.04. The summed E-state index contributed by atoms with van der Waals surface area (Å²) in [5, 5.41) is 9.39. The van der Waals surface area contributed by atoms with E-state index < -0.39 is 5.97 Å². The average molecular weight is 416 g/mol. The molecule has 0 amide bonds. The monoisotopic (exact) mass is 416 g/mol. The highest BCUT2D eigenvalue weighted by atomic mass is 19.1. The Kier molecular flexibility index (Phi) is 7.52. The highest BCUT2D eigenvalue weighted by Crippen LogP contribution is 2.28. The Labute approximate surface area is 176 Å². The van der Waals surface area contributed by atoms with Gasteiger partial charge in [-0.2, -0.15) is 0 Å². The smallest absolute Gasteiger partial charge is 0.317 e. The highest BCUT2D eigenvalue weighted by Gasteiger charge is 2.26. The third-order valence-corrected chi connectivity index (χ3v) is 5.63. The number of anilines is 1. The summed E-state index contributed by atoms with van der Waals surface area (Å²) in [6, 6.07) is 12.6. The van der Waals surface area contributed by atoms with Gasteiger partial charge < -0.3 is 19.5 Å². The van der Waals surface area contributed by atoms with E-state index in [9.17, 15) is 14.3 Å². The molecule has 0 spiro atoms. The van der Waals surface area contributed by atoms with E-state index in [4.69, 9.17) is 9.47 Å². The minimum absolute atomic E-state index is 0.0118. The summed E-state index contributed by atoms with van der Waals surface area (Å²) in [5.74, 6) is 0.281. The lowest BCUT2D eigenvalue weighted by atomic mass is 10.0. The summed E-state index contributed by atoms with van der Waals surface area (Å²) in [7, 11) is 3.20. The molecule has 7 heteroatoms. The molecule has 0 unspecified atom stereocenters. The normalized spacial score (nSPS) is 14.7. The summed E-state index contributed by atoms with van der Waals surface area (Å²) >= 11 is 0. The van der Waals surface area contributed by atoms with Gasteiger partial charge in [-0.3, -0.25) is 9.69 Å². The van der Waals surface area contributed by atoms with Crippen LogP contribution in [0.25, 0.3) is 0 Å². The number of halogens is 1. The molecule has 1 saturated heterocycles. The maximum Gasteiger partial charge on any atom is 0.317 e. The van der Waals surface area contributed by atoms with Crippen LogP contribution >= 0.6 is 0 Å². The van der Waals surface area contributed by atoms with E-state index in [1.165, 1.54) is 6.07 Å². The average Bonchev–Trinajstić information content (AvgIpc) is 2.76. The van der Waals surface area contributed by atoms with E-state index in [-0.39, 0.29) is 18.4 Å². The summed E-state index contributed by atoms with van der Waals surface area (Å²) in [5.41, 5.74) is 1.95. The number of carboxylic acids is 1. The maximum absolute atomic E-state index is 13.5. The minimum Gasteiger partial charge on any atom is -0.493 e. The van der Waals surface area contributed by atoms with Crippen LogP contribution in [-0.4, -0.2) is 62.4 Å². The van der Waals surface area contributed by atoms with E-state index in [2.05, 4.69) is 4.90 Å². The molecule has 1 N–H and O–H groups in total. The summed E-state index contributed by atoms with van der Waals surface area (Å²) < 4.78 is 24.2. The zero-order chi connectivity index (χ0) is 21.5. The Morgan fingerprint density at radius 3 is 2.50 bits per heavy atom. The van der Waals surface area contributed by atoms with Crippen LogP contribution in [0.3, 0.4) is 0 Å². The number of carbonyl (C=O) groups is 1. The number of rotatable bonds is 9. The Morgan fingerprint density at radius 2 is 1.87 bits per heavy atom. The second-order valence-corrected chi connectivity index (χ2v) is 7.50. The number of carboxylic acid groups (broad SMARTS) is 1. The van der Waals surface area contributed by atoms with Crippen molar-refractivity contribution in [3.63, 3.8) is 0 Å². The van der Waals surface area contributed by atoms with Gasteiger partial charge in [-0.15, -0.1) is 0 Å². The SMILES string of the molecule is COc1ccc(CCN(CC(=O)O)C2CCN(c3cccc(F)c3)CC2)cc1OC. The molecule has 0 bridgehead atoms. The van der Waals surface area contributed by atoms with Gasteiger partial charge in [0, 0.05) is 31.4 Å². The minimum atomic E-state index is -0.824. The van der Waals surface area contributed by atoms with Gasteiger partial charge in [-0.05, 0) is 55.2 Å². The Balaban J connectivity index is 1.62. The predicted molar refractivity (Wildman–Crippen MR) is 114 cm³/mol. The number of nitrogens with zero attached hydrogens (tertiary/aromatic N) is 2. The standard InChI is InChI=1S/C23H29FN2O4/c1-29-21-7-6-17(14-22(21)30-2)8-11-26(16-23(27)28)19-9-12-25(13-10-19)20-5-3-4-18(24)15-20/h3-7,14-15,19H,8-13,16H2,1-2H3,(H,27,28). The van der Waals surface area contributed by atoms with E-state index in [0.29, 0.717) is 18.0 Å². The molecule has 162 valence electrons. The molecule has 2 aromatic carbocycles. The number of hydrogen-bond donors (Lipinski definition) is 1. The lowest BCUT2D eigenvalue weighted by Gasteiger charge is -2.39. The molecular formula is C23H29FN2O4. The molecule has 1 aliphatic rings. The number of benzene rings is 2. The van der Waals surface area contributed by atoms with Crippen molar-refractivity contribution in [3.8, 4) is 11.5 Å². The Bertz CT molecular complexity index is 853. The van der Waals surface area contributed by atoms with Gasteiger partial charge in [0.25, 0.3) is 0 Å². The number of ether oxygens (including phenoxy) is 2. The van der Waals surface area contributed by atoms with Crippen LogP contribution in [0.4, 0.5) is 10.1 Å². The largest absolute Gasteiger partial charge is 0.493 e. The van der Waals surface area contributed by atoms with Gasteiger partial charge in [0.05, 0.1) is 20.8 Å². The van der Waals surface area contributed by atoms with Crippen molar-refractivity contribution in [2.75, 3.05) is 45.3 Å². The van der Waals surface area contributed by atoms with Crippen molar-refractivity contribution in [3.05, 3.63) is 53.8 Å². The zero-order valence-electron chi connectivity index (χ0n) is 17.5. The van der Waals surface area contributed by atoms with Gasteiger partial charge in [-0.1, -0.05) is 12.1 Å². The molecule has 3 rings (SSSR count).